The molecule has 4 heterocycles. The standard InChI is InChI=1S/C22H30N8O2/c23-13-17-19(20(24)32)21(28-22(27-17)30-9-3-1-2-4-10-30)26-15-5-6-18(25-14-15)29-11-7-16(31)8-12-29/h5-6,13-14,16,23,31H,1-4,7-12H2,(H2,24,32)(H,26,27,28). The van der Waals surface area contributed by atoms with Gasteiger partial charge in [-0.05, 0) is 37.8 Å². The minimum atomic E-state index is -0.690. The van der Waals surface area contributed by atoms with E-state index in [-0.39, 0.29) is 23.2 Å². The summed E-state index contributed by atoms with van der Waals surface area (Å²) >= 11 is 0. The number of anilines is 4. The first-order valence-electron chi connectivity index (χ1n) is 11.2. The van der Waals surface area contributed by atoms with E-state index < -0.39 is 5.91 Å². The van der Waals surface area contributed by atoms with Crippen molar-refractivity contribution >= 4 is 35.4 Å². The number of aliphatic hydroxyl groups excluding tert-OH is 1. The first-order valence-corrected chi connectivity index (χ1v) is 11.2. The van der Waals surface area contributed by atoms with E-state index in [1.807, 2.05) is 12.1 Å². The normalized spacial score (nSPS) is 17.7. The average Bonchev–Trinajstić information content (AvgIpc) is 3.09. The summed E-state index contributed by atoms with van der Waals surface area (Å²) in [6, 6.07) is 3.77. The molecule has 0 spiro atoms. The Morgan fingerprint density at radius 2 is 1.81 bits per heavy atom. The molecule has 5 N–H and O–H groups in total. The Kier molecular flexibility index (Phi) is 6.79. The number of pyridine rings is 1. The lowest BCUT2D eigenvalue weighted by Gasteiger charge is -2.30. The molecule has 2 saturated heterocycles. The summed E-state index contributed by atoms with van der Waals surface area (Å²) in [7, 11) is 0. The summed E-state index contributed by atoms with van der Waals surface area (Å²) < 4.78 is 0. The molecule has 10 nitrogen and oxygen atoms in total. The van der Waals surface area contributed by atoms with Crippen molar-refractivity contribution in [3.05, 3.63) is 29.6 Å². The number of carbonyl (C=O) groups is 1. The highest BCUT2D eigenvalue weighted by molar-refractivity contribution is 6.04. The van der Waals surface area contributed by atoms with Crippen molar-refractivity contribution in [2.45, 2.75) is 44.6 Å². The van der Waals surface area contributed by atoms with Gasteiger partial charge in [0.05, 0.1) is 18.0 Å². The number of aromatic nitrogens is 3. The second-order valence-corrected chi connectivity index (χ2v) is 8.29. The summed E-state index contributed by atoms with van der Waals surface area (Å²) in [6.45, 7) is 3.21. The Labute approximate surface area is 187 Å². The van der Waals surface area contributed by atoms with Crippen molar-refractivity contribution in [2.75, 3.05) is 41.3 Å². The highest BCUT2D eigenvalue weighted by atomic mass is 16.3. The van der Waals surface area contributed by atoms with Crippen LogP contribution in [0.2, 0.25) is 0 Å². The summed E-state index contributed by atoms with van der Waals surface area (Å²) in [5.74, 6) is 0.922. The van der Waals surface area contributed by atoms with Gasteiger partial charge in [-0.1, -0.05) is 12.8 Å². The van der Waals surface area contributed by atoms with Crippen molar-refractivity contribution < 1.29 is 9.90 Å². The Balaban J connectivity index is 1.60. The summed E-state index contributed by atoms with van der Waals surface area (Å²) in [5.41, 5.74) is 6.56. The maximum absolute atomic E-state index is 12.2. The lowest BCUT2D eigenvalue weighted by Crippen LogP contribution is -2.36. The largest absolute Gasteiger partial charge is 0.393 e. The SMILES string of the molecule is N=Cc1nc(N2CCCCCC2)nc(Nc2ccc(N3CCC(O)CC3)nc2)c1C(N)=O. The van der Waals surface area contributed by atoms with Crippen LogP contribution in [0.15, 0.2) is 18.3 Å². The second kappa shape index (κ2) is 9.90. The van der Waals surface area contributed by atoms with Gasteiger partial charge in [-0.2, -0.15) is 4.98 Å². The summed E-state index contributed by atoms with van der Waals surface area (Å²) in [6.07, 6.45) is 8.42. The molecule has 2 aliphatic rings. The van der Waals surface area contributed by atoms with Crippen LogP contribution in [0.5, 0.6) is 0 Å². The highest BCUT2D eigenvalue weighted by Crippen LogP contribution is 2.26. The van der Waals surface area contributed by atoms with Gasteiger partial charge in [0.1, 0.15) is 22.9 Å². The van der Waals surface area contributed by atoms with Crippen molar-refractivity contribution in [1.82, 2.24) is 15.0 Å². The number of rotatable bonds is 6. The van der Waals surface area contributed by atoms with E-state index in [0.717, 1.165) is 63.9 Å². The predicted molar refractivity (Wildman–Crippen MR) is 124 cm³/mol. The predicted octanol–water partition coefficient (Wildman–Crippen LogP) is 2.05. The van der Waals surface area contributed by atoms with Gasteiger partial charge in [0.2, 0.25) is 5.95 Å². The highest BCUT2D eigenvalue weighted by Gasteiger charge is 2.22. The van der Waals surface area contributed by atoms with Gasteiger partial charge >= 0.3 is 0 Å². The molecule has 2 aliphatic heterocycles. The Morgan fingerprint density at radius 3 is 2.41 bits per heavy atom. The lowest BCUT2D eigenvalue weighted by molar-refractivity contribution is 0.100. The average molecular weight is 439 g/mol. The van der Waals surface area contributed by atoms with E-state index in [1.165, 1.54) is 12.8 Å². The molecule has 1 amide bonds. The van der Waals surface area contributed by atoms with Crippen LogP contribution >= 0.6 is 0 Å². The number of amides is 1. The molecule has 32 heavy (non-hydrogen) atoms. The first kappa shape index (κ1) is 21.9. The van der Waals surface area contributed by atoms with Crippen molar-refractivity contribution in [3.8, 4) is 0 Å². The molecule has 0 atom stereocenters. The van der Waals surface area contributed by atoms with Crippen molar-refractivity contribution in [1.29, 1.82) is 5.41 Å². The molecule has 0 aliphatic carbocycles. The van der Waals surface area contributed by atoms with Gasteiger partial charge < -0.3 is 31.4 Å². The van der Waals surface area contributed by atoms with Crippen LogP contribution in [-0.2, 0) is 0 Å². The molecule has 4 rings (SSSR count). The molecule has 2 aromatic heterocycles. The zero-order valence-corrected chi connectivity index (χ0v) is 18.1. The van der Waals surface area contributed by atoms with Gasteiger partial charge in [0.15, 0.2) is 0 Å². The topological polar surface area (TPSA) is 144 Å². The van der Waals surface area contributed by atoms with Gasteiger partial charge in [-0.3, -0.25) is 4.79 Å². The minimum absolute atomic E-state index is 0.0904. The van der Waals surface area contributed by atoms with Crippen LogP contribution in [-0.4, -0.2) is 64.5 Å². The van der Waals surface area contributed by atoms with Gasteiger partial charge in [-0.25, -0.2) is 9.97 Å². The maximum atomic E-state index is 12.2. The van der Waals surface area contributed by atoms with E-state index in [4.69, 9.17) is 11.1 Å². The van der Waals surface area contributed by atoms with Gasteiger partial charge in [-0.15, -0.1) is 0 Å². The number of nitrogens with zero attached hydrogens (tertiary/aromatic N) is 5. The zero-order valence-electron chi connectivity index (χ0n) is 18.1. The fraction of sp³-hybridized carbons (Fsp3) is 0.500. The van der Waals surface area contributed by atoms with E-state index in [9.17, 15) is 9.90 Å². The number of primary amides is 1. The van der Waals surface area contributed by atoms with E-state index in [0.29, 0.717) is 11.6 Å². The molecular formula is C22H30N8O2. The molecule has 0 bridgehead atoms. The van der Waals surface area contributed by atoms with Crippen LogP contribution < -0.4 is 20.9 Å². The fourth-order valence-electron chi connectivity index (χ4n) is 4.19. The maximum Gasteiger partial charge on any atom is 0.254 e. The number of piperidine rings is 1. The Morgan fingerprint density at radius 1 is 1.09 bits per heavy atom. The van der Waals surface area contributed by atoms with Crippen LogP contribution in [0.25, 0.3) is 0 Å². The molecule has 0 unspecified atom stereocenters. The molecule has 0 radical (unpaired) electrons. The molecule has 0 saturated carbocycles. The zero-order chi connectivity index (χ0) is 22.5. The van der Waals surface area contributed by atoms with E-state index >= 15 is 0 Å². The quantitative estimate of drug-likeness (QED) is 0.502. The van der Waals surface area contributed by atoms with Crippen molar-refractivity contribution in [3.63, 3.8) is 0 Å². The lowest BCUT2D eigenvalue weighted by atomic mass is 10.1. The fourth-order valence-corrected chi connectivity index (χ4v) is 4.19. The molecular weight excluding hydrogens is 408 g/mol. The molecule has 10 heteroatoms. The van der Waals surface area contributed by atoms with Crippen molar-refractivity contribution in [2.24, 2.45) is 5.73 Å². The smallest absolute Gasteiger partial charge is 0.254 e. The number of nitrogens with two attached hydrogens (primary N) is 1. The number of hydrogen-bond acceptors (Lipinski definition) is 9. The Bertz CT molecular complexity index is 949. The van der Waals surface area contributed by atoms with Gasteiger partial charge in [0.25, 0.3) is 5.91 Å². The molecule has 170 valence electrons. The molecule has 2 aromatic rings. The van der Waals surface area contributed by atoms with Crippen LogP contribution in [0.4, 0.5) is 23.3 Å². The van der Waals surface area contributed by atoms with E-state index in [2.05, 4.69) is 30.1 Å². The second-order valence-electron chi connectivity index (χ2n) is 8.29. The minimum Gasteiger partial charge on any atom is -0.393 e. The molecule has 0 aromatic carbocycles. The summed E-state index contributed by atoms with van der Waals surface area (Å²) in [5, 5.41) is 20.6. The number of nitrogens with one attached hydrogen (secondary N) is 2. The summed E-state index contributed by atoms with van der Waals surface area (Å²) in [4.78, 5) is 30.0. The third-order valence-electron chi connectivity index (χ3n) is 6.00. The first-order chi connectivity index (χ1) is 15.5. The van der Waals surface area contributed by atoms with E-state index in [1.54, 1.807) is 6.20 Å². The number of hydrogen-bond donors (Lipinski definition) is 4. The van der Waals surface area contributed by atoms with Crippen LogP contribution in [0.1, 0.15) is 54.6 Å². The van der Waals surface area contributed by atoms with Crippen LogP contribution in [0, 0.1) is 5.41 Å². The number of aliphatic hydroxyl groups is 1. The van der Waals surface area contributed by atoms with Crippen LogP contribution in [0.3, 0.4) is 0 Å². The molecule has 2 fully saturated rings. The number of carbonyl (C=O) groups excluding carboxylic acids is 1. The van der Waals surface area contributed by atoms with Gasteiger partial charge in [0, 0.05) is 32.4 Å². The third kappa shape index (κ3) is 4.96. The third-order valence-corrected chi connectivity index (χ3v) is 6.00. The Hall–Kier alpha value is -3.27. The monoisotopic (exact) mass is 438 g/mol.